The monoisotopic (exact) mass is 373 g/mol. The molecule has 144 valence electrons. The number of likely N-dealkylation sites (N-methyl/N-ethyl adjacent to an activating group) is 1. The maximum absolute atomic E-state index is 13.1. The predicted octanol–water partition coefficient (Wildman–Crippen LogP) is 0.529. The van der Waals surface area contributed by atoms with Crippen LogP contribution in [0.2, 0.25) is 0 Å². The van der Waals surface area contributed by atoms with Gasteiger partial charge in [-0.25, -0.2) is 8.42 Å². The van der Waals surface area contributed by atoms with Gasteiger partial charge in [-0.3, -0.25) is 9.59 Å². The van der Waals surface area contributed by atoms with Crippen molar-refractivity contribution in [2.45, 2.75) is 77.0 Å². The molecule has 0 aliphatic carbocycles. The summed E-state index contributed by atoms with van der Waals surface area (Å²) in [5.74, 6) is -1.16. The fourth-order valence-electron chi connectivity index (χ4n) is 4.71. The molecule has 2 aliphatic heterocycles. The first-order valence-corrected chi connectivity index (χ1v) is 10.7. The van der Waals surface area contributed by atoms with Crippen LogP contribution in [-0.4, -0.2) is 71.2 Å². The molecule has 7 nitrogen and oxygen atoms in total. The standard InChI is InChI=1S/C17H31N3O4S/c1-6-19(13-7-8-25(23,24)11-13)14(21)15(22)20-16(2,3)9-12(18)10-17(20,4)5/h12-13H,6-11,18H2,1-5H3. The fourth-order valence-corrected chi connectivity index (χ4v) is 6.45. The number of nitrogens with two attached hydrogens (primary N) is 1. The van der Waals surface area contributed by atoms with Gasteiger partial charge in [-0.2, -0.15) is 0 Å². The van der Waals surface area contributed by atoms with E-state index in [1.807, 2.05) is 27.7 Å². The van der Waals surface area contributed by atoms with Gasteiger partial charge in [0.2, 0.25) is 0 Å². The lowest BCUT2D eigenvalue weighted by Gasteiger charge is -2.54. The zero-order valence-corrected chi connectivity index (χ0v) is 16.7. The van der Waals surface area contributed by atoms with E-state index in [2.05, 4.69) is 0 Å². The van der Waals surface area contributed by atoms with Crippen LogP contribution in [0.4, 0.5) is 0 Å². The summed E-state index contributed by atoms with van der Waals surface area (Å²) in [6, 6.07) is -0.434. The van der Waals surface area contributed by atoms with Crippen molar-refractivity contribution in [2.75, 3.05) is 18.1 Å². The van der Waals surface area contributed by atoms with Crippen LogP contribution in [0.3, 0.4) is 0 Å². The van der Waals surface area contributed by atoms with Gasteiger partial charge in [0, 0.05) is 29.7 Å². The van der Waals surface area contributed by atoms with E-state index in [4.69, 9.17) is 5.73 Å². The number of carbonyl (C=O) groups excluding carboxylic acids is 2. The molecule has 0 radical (unpaired) electrons. The van der Waals surface area contributed by atoms with Crippen molar-refractivity contribution in [3.05, 3.63) is 0 Å². The Morgan fingerprint density at radius 3 is 2.08 bits per heavy atom. The molecule has 2 saturated heterocycles. The number of nitrogens with zero attached hydrogens (tertiary/aromatic N) is 2. The zero-order valence-electron chi connectivity index (χ0n) is 15.9. The first kappa shape index (κ1) is 20.2. The van der Waals surface area contributed by atoms with E-state index in [1.165, 1.54) is 4.90 Å². The van der Waals surface area contributed by atoms with Crippen molar-refractivity contribution in [3.8, 4) is 0 Å². The average Bonchev–Trinajstić information content (AvgIpc) is 2.76. The van der Waals surface area contributed by atoms with E-state index >= 15 is 0 Å². The third kappa shape index (κ3) is 4.00. The lowest BCUT2D eigenvalue weighted by molar-refractivity contribution is -0.164. The van der Waals surface area contributed by atoms with Crippen molar-refractivity contribution in [3.63, 3.8) is 0 Å². The molecule has 0 aromatic carbocycles. The number of piperidine rings is 1. The Morgan fingerprint density at radius 2 is 1.68 bits per heavy atom. The van der Waals surface area contributed by atoms with Crippen molar-refractivity contribution in [1.29, 1.82) is 0 Å². The number of hydrogen-bond acceptors (Lipinski definition) is 5. The largest absolute Gasteiger partial charge is 0.331 e. The van der Waals surface area contributed by atoms with E-state index in [9.17, 15) is 18.0 Å². The molecular formula is C17H31N3O4S. The lowest BCUT2D eigenvalue weighted by atomic mass is 9.77. The highest BCUT2D eigenvalue weighted by molar-refractivity contribution is 7.91. The van der Waals surface area contributed by atoms with Crippen molar-refractivity contribution in [1.82, 2.24) is 9.80 Å². The Morgan fingerprint density at radius 1 is 1.16 bits per heavy atom. The molecule has 0 aromatic rings. The second-order valence-corrected chi connectivity index (χ2v) is 10.8. The normalized spacial score (nSPS) is 27.9. The number of rotatable bonds is 2. The third-order valence-corrected chi connectivity index (χ3v) is 7.12. The van der Waals surface area contributed by atoms with Gasteiger partial charge in [0.25, 0.3) is 0 Å². The van der Waals surface area contributed by atoms with Gasteiger partial charge >= 0.3 is 11.8 Å². The number of amides is 2. The van der Waals surface area contributed by atoms with E-state index in [0.717, 1.165) is 0 Å². The summed E-state index contributed by atoms with van der Waals surface area (Å²) in [5.41, 5.74) is 5.07. The summed E-state index contributed by atoms with van der Waals surface area (Å²) in [7, 11) is -3.12. The van der Waals surface area contributed by atoms with Crippen LogP contribution in [0.5, 0.6) is 0 Å². The van der Waals surface area contributed by atoms with Gasteiger partial charge < -0.3 is 15.5 Å². The van der Waals surface area contributed by atoms with Crippen molar-refractivity contribution < 1.29 is 18.0 Å². The van der Waals surface area contributed by atoms with E-state index in [1.54, 1.807) is 11.8 Å². The van der Waals surface area contributed by atoms with Crippen LogP contribution in [0.1, 0.15) is 53.9 Å². The quantitative estimate of drug-likeness (QED) is 0.712. The Kier molecular flexibility index (Phi) is 5.27. The Bertz CT molecular complexity index is 639. The minimum atomic E-state index is -3.12. The Balaban J connectivity index is 2.26. The number of hydrogen-bond donors (Lipinski definition) is 1. The lowest BCUT2D eigenvalue weighted by Crippen LogP contribution is -2.67. The molecule has 25 heavy (non-hydrogen) atoms. The van der Waals surface area contributed by atoms with Crippen LogP contribution in [0.25, 0.3) is 0 Å². The molecule has 0 bridgehead atoms. The minimum Gasteiger partial charge on any atom is -0.331 e. The minimum absolute atomic E-state index is 0.0218. The first-order valence-electron chi connectivity index (χ1n) is 8.92. The topological polar surface area (TPSA) is 101 Å². The second kappa shape index (κ2) is 6.54. The van der Waals surface area contributed by atoms with Crippen LogP contribution in [0, 0.1) is 0 Å². The fraction of sp³-hybridized carbons (Fsp3) is 0.882. The number of sulfone groups is 1. The van der Waals surface area contributed by atoms with Crippen LogP contribution in [-0.2, 0) is 19.4 Å². The highest BCUT2D eigenvalue weighted by Gasteiger charge is 2.50. The van der Waals surface area contributed by atoms with Gasteiger partial charge in [-0.1, -0.05) is 0 Å². The molecule has 1 unspecified atom stereocenters. The van der Waals surface area contributed by atoms with E-state index in [0.29, 0.717) is 25.8 Å². The molecule has 8 heteroatoms. The summed E-state index contributed by atoms with van der Waals surface area (Å²) in [4.78, 5) is 29.1. The Labute approximate surface area is 150 Å². The maximum Gasteiger partial charge on any atom is 0.312 e. The van der Waals surface area contributed by atoms with Gasteiger partial charge in [-0.05, 0) is 53.9 Å². The summed E-state index contributed by atoms with van der Waals surface area (Å²) in [6.07, 6.45) is 1.64. The molecule has 0 saturated carbocycles. The number of carbonyl (C=O) groups is 2. The molecule has 0 aromatic heterocycles. The molecule has 2 amide bonds. The summed E-state index contributed by atoms with van der Waals surface area (Å²) < 4.78 is 23.5. The number of likely N-dealkylation sites (tertiary alicyclic amines) is 1. The molecule has 2 heterocycles. The molecule has 0 spiro atoms. The molecule has 2 aliphatic rings. The maximum atomic E-state index is 13.1. The SMILES string of the molecule is CCN(C(=O)C(=O)N1C(C)(C)CC(N)CC1(C)C)C1CCS(=O)(=O)C1. The zero-order chi connectivity index (χ0) is 19.2. The summed E-state index contributed by atoms with van der Waals surface area (Å²) in [6.45, 7) is 9.80. The molecule has 2 fully saturated rings. The highest BCUT2D eigenvalue weighted by Crippen LogP contribution is 2.38. The van der Waals surface area contributed by atoms with E-state index < -0.39 is 38.8 Å². The van der Waals surface area contributed by atoms with Crippen LogP contribution in [0.15, 0.2) is 0 Å². The van der Waals surface area contributed by atoms with Gasteiger partial charge in [0.05, 0.1) is 11.5 Å². The molecule has 2 rings (SSSR count). The summed E-state index contributed by atoms with van der Waals surface area (Å²) in [5, 5.41) is 0. The third-order valence-electron chi connectivity index (χ3n) is 5.37. The average molecular weight is 374 g/mol. The summed E-state index contributed by atoms with van der Waals surface area (Å²) >= 11 is 0. The van der Waals surface area contributed by atoms with Crippen molar-refractivity contribution >= 4 is 21.7 Å². The van der Waals surface area contributed by atoms with Crippen molar-refractivity contribution in [2.24, 2.45) is 5.73 Å². The molecule has 1 atom stereocenters. The second-order valence-electron chi connectivity index (χ2n) is 8.58. The van der Waals surface area contributed by atoms with Gasteiger partial charge in [0.1, 0.15) is 0 Å². The van der Waals surface area contributed by atoms with Gasteiger partial charge in [-0.15, -0.1) is 0 Å². The predicted molar refractivity (Wildman–Crippen MR) is 96.7 cm³/mol. The first-order chi connectivity index (χ1) is 11.3. The highest BCUT2D eigenvalue weighted by atomic mass is 32.2. The van der Waals surface area contributed by atoms with Gasteiger partial charge in [0.15, 0.2) is 9.84 Å². The van der Waals surface area contributed by atoms with Crippen LogP contribution >= 0.6 is 0 Å². The van der Waals surface area contributed by atoms with Crippen LogP contribution < -0.4 is 5.73 Å². The smallest absolute Gasteiger partial charge is 0.312 e. The van der Waals surface area contributed by atoms with E-state index in [-0.39, 0.29) is 17.5 Å². The molecular weight excluding hydrogens is 342 g/mol. The molecule has 2 N–H and O–H groups in total. The Hall–Kier alpha value is -1.15.